The molecule has 0 bridgehead atoms. The number of anilines is 6. The summed E-state index contributed by atoms with van der Waals surface area (Å²) in [4.78, 5) is 8.20. The van der Waals surface area contributed by atoms with Crippen LogP contribution >= 0.6 is 15.9 Å². The number of H-pyrrole nitrogens is 1. The highest BCUT2D eigenvalue weighted by Crippen LogP contribution is 2.43. The molecule has 0 amide bonds. The molecule has 107 heavy (non-hydrogen) atoms. The fraction of sp³-hybridized carbons (Fsp3) is 0. The van der Waals surface area contributed by atoms with Crippen LogP contribution in [-0.2, 0) is 0 Å². The zero-order valence-electron chi connectivity index (χ0n) is 58.5. The Hall–Kier alpha value is -13.7. The van der Waals surface area contributed by atoms with Crippen LogP contribution in [0.4, 0.5) is 34.1 Å². The number of nitrogens with one attached hydrogen (secondary N) is 1. The predicted molar refractivity (Wildman–Crippen MR) is 456 cm³/mol. The second-order valence-corrected chi connectivity index (χ2v) is 27.6. The minimum absolute atomic E-state index is 1.09. The van der Waals surface area contributed by atoms with Crippen molar-refractivity contribution in [2.24, 2.45) is 0 Å². The number of hydrogen-bond acceptors (Lipinski definition) is 2. The average Bonchev–Trinajstić information content (AvgIpc) is 1.58. The number of nitrogens with zero attached hydrogens (tertiary/aromatic N) is 5. The summed E-state index contributed by atoms with van der Waals surface area (Å²) in [6, 6.07) is 146. The first kappa shape index (κ1) is 65.3. The summed E-state index contributed by atoms with van der Waals surface area (Å²) < 4.78 is 8.17. The lowest BCUT2D eigenvalue weighted by Crippen LogP contribution is -2.09. The molecule has 0 unspecified atom stereocenters. The van der Waals surface area contributed by atoms with E-state index in [0.717, 1.165) is 55.7 Å². The van der Waals surface area contributed by atoms with Crippen molar-refractivity contribution in [2.45, 2.75) is 0 Å². The van der Waals surface area contributed by atoms with E-state index in [1.54, 1.807) is 0 Å². The van der Waals surface area contributed by atoms with E-state index in [1.165, 1.54) is 110 Å². The van der Waals surface area contributed by atoms with E-state index in [2.05, 4.69) is 457 Å². The molecule has 16 aromatic carbocycles. The van der Waals surface area contributed by atoms with Gasteiger partial charge in [-0.2, -0.15) is 0 Å². The normalized spacial score (nSPS) is 11.2. The van der Waals surface area contributed by atoms with Gasteiger partial charge < -0.3 is 28.5 Å². The Morgan fingerprint density at radius 2 is 0.570 bits per heavy atom. The molecule has 508 valence electrons. The molecule has 0 fully saturated rings. The van der Waals surface area contributed by atoms with Gasteiger partial charge in [0.2, 0.25) is 0 Å². The Morgan fingerprint density at radius 1 is 0.224 bits per heavy atom. The third-order valence-electron chi connectivity index (χ3n) is 20.2. The van der Waals surface area contributed by atoms with E-state index < -0.39 is 0 Å². The fourth-order valence-corrected chi connectivity index (χ4v) is 15.4. The van der Waals surface area contributed by atoms with Crippen LogP contribution in [0.25, 0.3) is 127 Å². The average molecular weight is 1440 g/mol. The Bertz CT molecular complexity index is 6260. The largest absolute Gasteiger partial charge is 0.354 e. The number of fused-ring (bicyclic) bond motifs is 10. The highest BCUT2D eigenvalue weighted by molar-refractivity contribution is 9.10. The molecule has 0 aliphatic heterocycles. The quantitative estimate of drug-likeness (QED) is 0.125. The summed E-state index contributed by atoms with van der Waals surface area (Å²) >= 11 is 3.49. The first-order chi connectivity index (χ1) is 53.0. The van der Waals surface area contributed by atoms with Gasteiger partial charge in [0.25, 0.3) is 0 Å². The zero-order chi connectivity index (χ0) is 71.4. The lowest BCUT2D eigenvalue weighted by atomic mass is 9.98. The Kier molecular flexibility index (Phi) is 17.8. The lowest BCUT2D eigenvalue weighted by Gasteiger charge is -2.25. The van der Waals surface area contributed by atoms with Crippen molar-refractivity contribution in [3.8, 4) is 61.6 Å². The van der Waals surface area contributed by atoms with Crippen LogP contribution in [-0.4, -0.2) is 18.7 Å². The first-order valence-electron chi connectivity index (χ1n) is 36.2. The Labute approximate surface area is 630 Å². The molecule has 0 saturated carbocycles. The van der Waals surface area contributed by atoms with E-state index in [4.69, 9.17) is 0 Å². The molecule has 1 N–H and O–H groups in total. The Balaban J connectivity index is 0.000000127. The van der Waals surface area contributed by atoms with Gasteiger partial charge in [0.1, 0.15) is 0 Å². The van der Waals surface area contributed by atoms with Gasteiger partial charge in [-0.05, 0) is 214 Å². The van der Waals surface area contributed by atoms with Crippen molar-refractivity contribution in [3.63, 3.8) is 0 Å². The van der Waals surface area contributed by atoms with Crippen LogP contribution in [0, 0.1) is 0 Å². The molecule has 0 aliphatic carbocycles. The van der Waals surface area contributed by atoms with Crippen LogP contribution in [0.15, 0.2) is 429 Å². The highest BCUT2D eigenvalue weighted by Gasteiger charge is 2.21. The van der Waals surface area contributed by atoms with Crippen molar-refractivity contribution < 1.29 is 0 Å². The summed E-state index contributed by atoms with van der Waals surface area (Å²) in [5, 5.41) is 7.47. The van der Waals surface area contributed by atoms with E-state index >= 15 is 0 Å². The topological polar surface area (TPSA) is 37.1 Å². The molecule has 4 heterocycles. The van der Waals surface area contributed by atoms with E-state index in [1.807, 2.05) is 12.1 Å². The molecule has 7 heteroatoms. The van der Waals surface area contributed by atoms with Crippen LogP contribution in [0.5, 0.6) is 0 Å². The van der Waals surface area contributed by atoms with Crippen molar-refractivity contribution in [2.75, 3.05) is 9.80 Å². The molecule has 0 radical (unpaired) electrons. The molecule has 0 saturated heterocycles. The van der Waals surface area contributed by atoms with E-state index in [0.29, 0.717) is 0 Å². The van der Waals surface area contributed by atoms with Gasteiger partial charge in [-0.15, -0.1) is 0 Å². The summed E-state index contributed by atoms with van der Waals surface area (Å²) in [5.74, 6) is 0. The smallest absolute Gasteiger partial charge is 0.0635 e. The first-order valence-corrected chi connectivity index (χ1v) is 37.0. The van der Waals surface area contributed by atoms with Crippen molar-refractivity contribution in [1.29, 1.82) is 0 Å². The summed E-state index contributed by atoms with van der Waals surface area (Å²) in [5.41, 5.74) is 27.0. The third-order valence-corrected chi connectivity index (χ3v) is 20.7. The van der Waals surface area contributed by atoms with Gasteiger partial charge in [-0.3, -0.25) is 0 Å². The second-order valence-electron chi connectivity index (χ2n) is 26.7. The van der Waals surface area contributed by atoms with Gasteiger partial charge in [-0.1, -0.05) is 259 Å². The molecular weight excluding hydrogens is 1370 g/mol. The summed E-state index contributed by atoms with van der Waals surface area (Å²) in [6.07, 6.45) is 4.42. The molecule has 0 aliphatic rings. The fourth-order valence-electron chi connectivity index (χ4n) is 15.2. The van der Waals surface area contributed by atoms with Crippen LogP contribution in [0.1, 0.15) is 0 Å². The third kappa shape index (κ3) is 13.0. The zero-order valence-corrected chi connectivity index (χ0v) is 60.1. The van der Waals surface area contributed by atoms with Gasteiger partial charge in [0.05, 0.1) is 27.6 Å². The van der Waals surface area contributed by atoms with Gasteiger partial charge in [-0.25, -0.2) is 0 Å². The van der Waals surface area contributed by atoms with Crippen molar-refractivity contribution in [3.05, 3.63) is 429 Å². The number of halogens is 1. The lowest BCUT2D eigenvalue weighted by molar-refractivity contribution is 1.13. The molecule has 0 spiro atoms. The Morgan fingerprint density at radius 3 is 1.01 bits per heavy atom. The monoisotopic (exact) mass is 1430 g/mol. The maximum atomic E-state index is 3.65. The number of aromatic amines is 1. The molecule has 0 atom stereocenters. The van der Waals surface area contributed by atoms with Crippen LogP contribution in [0.2, 0.25) is 0 Å². The number of aromatic nitrogens is 4. The van der Waals surface area contributed by atoms with Gasteiger partial charge in [0.15, 0.2) is 0 Å². The number of benzene rings is 16. The molecule has 6 nitrogen and oxygen atoms in total. The minimum atomic E-state index is 1.09. The van der Waals surface area contributed by atoms with E-state index in [9.17, 15) is 0 Å². The standard InChI is InChI=1S/C50H35N3.C32H22N2.C18H14BrN/c1-5-15-36(16-6-1)38-33-39(37-17-7-2-8-18-37)35-44(34-38)51-32-31-47-48(51)30-29-46-45-23-13-14-24-49(45)53(50(46)47)43-27-25-42(26-28-43)52(40-19-9-3-10-20-40)41-21-11-4-12-22-41;1-3-9-22(10-4-1)24-19-25(23-11-5-2-6-12-23)21-26(20-24)34-18-17-29-31(34)16-15-28-27-13-7-8-14-30(27)33-32(28)29;19-15-11-13-18(14-12-15)20(16-7-3-1-4-8-16)17-9-5-2-6-10-17/h1-35H;1-21,33H;1-14H. The maximum Gasteiger partial charge on any atom is 0.0635 e. The van der Waals surface area contributed by atoms with Gasteiger partial charge >= 0.3 is 0 Å². The van der Waals surface area contributed by atoms with E-state index in [-0.39, 0.29) is 0 Å². The van der Waals surface area contributed by atoms with Gasteiger partial charge in [0, 0.05) is 106 Å². The maximum absolute atomic E-state index is 3.65. The summed E-state index contributed by atoms with van der Waals surface area (Å²) in [7, 11) is 0. The van der Waals surface area contributed by atoms with Crippen LogP contribution < -0.4 is 9.80 Å². The number of hydrogen-bond donors (Lipinski definition) is 1. The van der Waals surface area contributed by atoms with Crippen molar-refractivity contribution >= 4 is 115 Å². The number of rotatable bonds is 13. The summed E-state index contributed by atoms with van der Waals surface area (Å²) in [6.45, 7) is 0. The highest BCUT2D eigenvalue weighted by atomic mass is 79.9. The minimum Gasteiger partial charge on any atom is -0.354 e. The SMILES string of the molecule is Brc1ccc(N(c2ccccc2)c2ccccc2)cc1.c1ccc(-c2cc(-c3ccccc3)cc(-n3ccc4c3ccc3c5ccccc5n(-c5ccc(N(c6ccccc6)c6ccccc6)cc5)c34)c2)cc1.c1ccc(-c2cc(-c3ccccc3)cc(-n3ccc4c5[nH]c6ccccc6c5ccc43)c2)cc1. The second kappa shape index (κ2) is 29.2. The molecule has 4 aromatic heterocycles. The number of para-hydroxylation sites is 6. The molecule has 20 rings (SSSR count). The van der Waals surface area contributed by atoms with Crippen LogP contribution in [0.3, 0.4) is 0 Å². The predicted octanol–water partition coefficient (Wildman–Crippen LogP) is 28.0. The van der Waals surface area contributed by atoms with Crippen molar-refractivity contribution in [1.82, 2.24) is 18.7 Å². The molecule has 20 aromatic rings. The molecular formula is C100H71BrN6.